The summed E-state index contributed by atoms with van der Waals surface area (Å²) >= 11 is 0. The molecular weight excluding hydrogens is 246 g/mol. The average Bonchev–Trinajstić information content (AvgIpc) is 3.28. The van der Waals surface area contributed by atoms with Crippen molar-refractivity contribution in [3.8, 4) is 5.75 Å². The third kappa shape index (κ3) is 3.76. The molecule has 0 aromatic heterocycles. The molecule has 0 radical (unpaired) electrons. The number of hydrogen-bond donors (Lipinski definition) is 1. The van der Waals surface area contributed by atoms with E-state index < -0.39 is 0 Å². The summed E-state index contributed by atoms with van der Waals surface area (Å²) in [5.74, 6) is 1.04. The first-order valence-electron chi connectivity index (χ1n) is 7.99. The molecule has 112 valence electrons. The van der Waals surface area contributed by atoms with Crippen molar-refractivity contribution in [3.05, 3.63) is 29.3 Å². The van der Waals surface area contributed by atoms with Gasteiger partial charge in [-0.1, -0.05) is 31.5 Å². The van der Waals surface area contributed by atoms with Crippen LogP contribution in [0, 0.1) is 12.3 Å². The standard InChI is InChI=1S/C18H29NO/c1-5-18(6-2,13-19-16-8-9-16)12-15-11-14(3)7-10-17(15)20-4/h7,10-11,16,19H,5-6,8-9,12-13H2,1-4H3. The number of nitrogens with one attached hydrogen (secondary N) is 1. The Morgan fingerprint density at radius 3 is 2.50 bits per heavy atom. The van der Waals surface area contributed by atoms with Crippen molar-refractivity contribution in [1.29, 1.82) is 0 Å². The predicted octanol–water partition coefficient (Wildman–Crippen LogP) is 4.10. The molecule has 0 heterocycles. The summed E-state index contributed by atoms with van der Waals surface area (Å²) in [6, 6.07) is 7.31. The Kier molecular flexibility index (Phi) is 5.09. The minimum Gasteiger partial charge on any atom is -0.496 e. The molecule has 1 saturated carbocycles. The lowest BCUT2D eigenvalue weighted by Gasteiger charge is -2.33. The summed E-state index contributed by atoms with van der Waals surface area (Å²) in [5, 5.41) is 3.73. The highest BCUT2D eigenvalue weighted by molar-refractivity contribution is 5.37. The monoisotopic (exact) mass is 275 g/mol. The number of benzene rings is 1. The van der Waals surface area contributed by atoms with Gasteiger partial charge in [-0.2, -0.15) is 0 Å². The van der Waals surface area contributed by atoms with Crippen LogP contribution in [-0.4, -0.2) is 19.7 Å². The molecule has 0 amide bonds. The molecule has 0 aliphatic heterocycles. The molecule has 0 saturated heterocycles. The lowest BCUT2D eigenvalue weighted by molar-refractivity contribution is 0.242. The Labute approximate surface area is 123 Å². The van der Waals surface area contributed by atoms with Gasteiger partial charge < -0.3 is 10.1 Å². The van der Waals surface area contributed by atoms with Crippen LogP contribution in [0.3, 0.4) is 0 Å². The van der Waals surface area contributed by atoms with Gasteiger partial charge >= 0.3 is 0 Å². The lowest BCUT2D eigenvalue weighted by atomic mass is 9.76. The average molecular weight is 275 g/mol. The first kappa shape index (κ1) is 15.4. The first-order valence-corrected chi connectivity index (χ1v) is 7.99. The Hall–Kier alpha value is -1.02. The summed E-state index contributed by atoms with van der Waals surface area (Å²) in [7, 11) is 1.77. The number of ether oxygens (including phenoxy) is 1. The topological polar surface area (TPSA) is 21.3 Å². The smallest absolute Gasteiger partial charge is 0.122 e. The number of rotatable bonds is 8. The maximum absolute atomic E-state index is 5.55. The van der Waals surface area contributed by atoms with E-state index in [4.69, 9.17) is 4.74 Å². The fraction of sp³-hybridized carbons (Fsp3) is 0.667. The van der Waals surface area contributed by atoms with Crippen LogP contribution in [0.15, 0.2) is 18.2 Å². The molecule has 2 rings (SSSR count). The van der Waals surface area contributed by atoms with Crippen LogP contribution in [0.25, 0.3) is 0 Å². The zero-order valence-corrected chi connectivity index (χ0v) is 13.5. The van der Waals surface area contributed by atoms with Crippen LogP contribution in [0.5, 0.6) is 5.75 Å². The summed E-state index contributed by atoms with van der Waals surface area (Å²) in [6.07, 6.45) is 6.24. The van der Waals surface area contributed by atoms with Crippen LogP contribution in [0.4, 0.5) is 0 Å². The minimum atomic E-state index is 0.351. The summed E-state index contributed by atoms with van der Waals surface area (Å²) in [6.45, 7) is 7.92. The van der Waals surface area contributed by atoms with E-state index in [9.17, 15) is 0 Å². The molecule has 20 heavy (non-hydrogen) atoms. The number of aryl methyl sites for hydroxylation is 1. The van der Waals surface area contributed by atoms with Crippen LogP contribution < -0.4 is 10.1 Å². The van der Waals surface area contributed by atoms with Crippen molar-refractivity contribution in [2.24, 2.45) is 5.41 Å². The molecule has 0 unspecified atom stereocenters. The van der Waals surface area contributed by atoms with Gasteiger partial charge in [0.1, 0.15) is 5.75 Å². The van der Waals surface area contributed by atoms with Gasteiger partial charge in [-0.15, -0.1) is 0 Å². The van der Waals surface area contributed by atoms with E-state index in [1.807, 2.05) is 0 Å². The highest BCUT2D eigenvalue weighted by atomic mass is 16.5. The van der Waals surface area contributed by atoms with Crippen LogP contribution in [0.2, 0.25) is 0 Å². The highest BCUT2D eigenvalue weighted by Crippen LogP contribution is 2.35. The van der Waals surface area contributed by atoms with Crippen molar-refractivity contribution < 1.29 is 4.74 Å². The van der Waals surface area contributed by atoms with Crippen LogP contribution in [0.1, 0.15) is 50.7 Å². The largest absolute Gasteiger partial charge is 0.496 e. The second kappa shape index (κ2) is 6.62. The van der Waals surface area contributed by atoms with Crippen molar-refractivity contribution >= 4 is 0 Å². The molecule has 0 atom stereocenters. The second-order valence-electron chi connectivity index (χ2n) is 6.35. The SMILES string of the molecule is CCC(CC)(CNC1CC1)Cc1cc(C)ccc1OC. The Morgan fingerprint density at radius 1 is 1.25 bits per heavy atom. The Balaban J connectivity index is 2.15. The molecule has 1 aliphatic rings. The third-order valence-electron chi connectivity index (χ3n) is 4.84. The first-order chi connectivity index (χ1) is 9.62. The molecule has 0 bridgehead atoms. The quantitative estimate of drug-likeness (QED) is 0.771. The van der Waals surface area contributed by atoms with Gasteiger partial charge in [0.2, 0.25) is 0 Å². The van der Waals surface area contributed by atoms with Gasteiger partial charge in [0.25, 0.3) is 0 Å². The summed E-state index contributed by atoms with van der Waals surface area (Å²) < 4.78 is 5.55. The normalized spacial score (nSPS) is 15.4. The zero-order chi connectivity index (χ0) is 14.6. The maximum Gasteiger partial charge on any atom is 0.122 e. The van der Waals surface area contributed by atoms with E-state index in [1.54, 1.807) is 7.11 Å². The molecule has 1 aromatic rings. The fourth-order valence-corrected chi connectivity index (χ4v) is 2.91. The van der Waals surface area contributed by atoms with Gasteiger partial charge in [0.05, 0.1) is 7.11 Å². The van der Waals surface area contributed by atoms with Crippen LogP contribution >= 0.6 is 0 Å². The van der Waals surface area contributed by atoms with E-state index in [-0.39, 0.29) is 0 Å². The Morgan fingerprint density at radius 2 is 1.95 bits per heavy atom. The number of hydrogen-bond acceptors (Lipinski definition) is 2. The van der Waals surface area contributed by atoms with Gasteiger partial charge in [-0.05, 0) is 56.1 Å². The van der Waals surface area contributed by atoms with Crippen molar-refractivity contribution in [2.45, 2.75) is 58.9 Å². The van der Waals surface area contributed by atoms with Gasteiger partial charge in [0, 0.05) is 12.6 Å². The highest BCUT2D eigenvalue weighted by Gasteiger charge is 2.30. The van der Waals surface area contributed by atoms with E-state index >= 15 is 0 Å². The third-order valence-corrected chi connectivity index (χ3v) is 4.84. The lowest BCUT2D eigenvalue weighted by Crippen LogP contribution is -2.36. The summed E-state index contributed by atoms with van der Waals surface area (Å²) in [5.41, 5.74) is 3.02. The maximum atomic E-state index is 5.55. The van der Waals surface area contributed by atoms with Crippen molar-refractivity contribution in [2.75, 3.05) is 13.7 Å². The molecule has 1 aliphatic carbocycles. The number of methoxy groups -OCH3 is 1. The molecule has 1 N–H and O–H groups in total. The summed E-state index contributed by atoms with van der Waals surface area (Å²) in [4.78, 5) is 0. The van der Waals surface area contributed by atoms with Gasteiger partial charge in [-0.25, -0.2) is 0 Å². The van der Waals surface area contributed by atoms with E-state index in [0.29, 0.717) is 5.41 Å². The van der Waals surface area contributed by atoms with Gasteiger partial charge in [-0.3, -0.25) is 0 Å². The molecule has 1 aromatic carbocycles. The van der Waals surface area contributed by atoms with Crippen molar-refractivity contribution in [3.63, 3.8) is 0 Å². The Bertz CT molecular complexity index is 433. The molecule has 1 fully saturated rings. The zero-order valence-electron chi connectivity index (χ0n) is 13.5. The van der Waals surface area contributed by atoms with Gasteiger partial charge in [0.15, 0.2) is 0 Å². The molecule has 0 spiro atoms. The van der Waals surface area contributed by atoms with Crippen molar-refractivity contribution in [1.82, 2.24) is 5.32 Å². The van der Waals surface area contributed by atoms with Crippen LogP contribution in [-0.2, 0) is 6.42 Å². The predicted molar refractivity (Wildman–Crippen MR) is 85.5 cm³/mol. The van der Waals surface area contributed by atoms with E-state index in [0.717, 1.165) is 24.8 Å². The molecular formula is C18H29NO. The fourth-order valence-electron chi connectivity index (χ4n) is 2.91. The molecule has 2 heteroatoms. The molecule has 2 nitrogen and oxygen atoms in total. The van der Waals surface area contributed by atoms with E-state index in [2.05, 4.69) is 44.3 Å². The minimum absolute atomic E-state index is 0.351. The second-order valence-corrected chi connectivity index (χ2v) is 6.35. The van der Waals surface area contributed by atoms with E-state index in [1.165, 1.54) is 36.8 Å².